The second kappa shape index (κ2) is 4.57. The number of rotatable bonds is 4. The first-order chi connectivity index (χ1) is 6.88. The van der Waals surface area contributed by atoms with Crippen LogP contribution in [-0.4, -0.2) is 29.5 Å². The minimum absolute atomic E-state index is 0.373. The molecule has 4 nitrogen and oxygen atoms in total. The highest BCUT2D eigenvalue weighted by molar-refractivity contribution is 5.03. The van der Waals surface area contributed by atoms with Gasteiger partial charge in [-0.25, -0.2) is 0 Å². The van der Waals surface area contributed by atoms with E-state index in [1.807, 2.05) is 17.9 Å². The van der Waals surface area contributed by atoms with Gasteiger partial charge in [0.1, 0.15) is 0 Å². The van der Waals surface area contributed by atoms with E-state index in [2.05, 4.69) is 16.6 Å². The molecule has 4 heteroatoms. The zero-order valence-electron chi connectivity index (χ0n) is 8.57. The summed E-state index contributed by atoms with van der Waals surface area (Å²) in [6.45, 7) is 2.69. The van der Waals surface area contributed by atoms with Gasteiger partial charge in [-0.2, -0.15) is 5.10 Å². The average molecular weight is 195 g/mol. The Morgan fingerprint density at radius 1 is 1.71 bits per heavy atom. The van der Waals surface area contributed by atoms with Gasteiger partial charge in [-0.15, -0.1) is 0 Å². The number of nitrogens with one attached hydrogen (secondary N) is 1. The summed E-state index contributed by atoms with van der Waals surface area (Å²) in [6.07, 6.45) is 6.72. The molecule has 0 saturated carbocycles. The highest BCUT2D eigenvalue weighted by Gasteiger charge is 2.16. The van der Waals surface area contributed by atoms with Crippen molar-refractivity contribution in [2.75, 3.05) is 13.7 Å². The van der Waals surface area contributed by atoms with Gasteiger partial charge < -0.3 is 10.1 Å². The summed E-state index contributed by atoms with van der Waals surface area (Å²) in [6, 6.07) is 0. The fourth-order valence-corrected chi connectivity index (χ4v) is 1.80. The summed E-state index contributed by atoms with van der Waals surface area (Å²) in [7, 11) is 1.94. The van der Waals surface area contributed by atoms with Gasteiger partial charge in [-0.05, 0) is 19.9 Å². The Balaban J connectivity index is 1.88. The molecule has 1 aliphatic rings. The fraction of sp³-hybridized carbons (Fsp3) is 0.700. The molecular formula is C10H17N3O. The van der Waals surface area contributed by atoms with Crippen LogP contribution in [0.2, 0.25) is 0 Å². The van der Waals surface area contributed by atoms with Crippen LogP contribution >= 0.6 is 0 Å². The van der Waals surface area contributed by atoms with E-state index in [4.69, 9.17) is 4.74 Å². The van der Waals surface area contributed by atoms with Crippen LogP contribution in [0.1, 0.15) is 18.4 Å². The van der Waals surface area contributed by atoms with Gasteiger partial charge in [-0.3, -0.25) is 4.68 Å². The van der Waals surface area contributed by atoms with Crippen molar-refractivity contribution in [1.29, 1.82) is 0 Å². The molecule has 2 heterocycles. The number of hydrogen-bond donors (Lipinski definition) is 1. The number of aromatic nitrogens is 2. The van der Waals surface area contributed by atoms with Gasteiger partial charge in [-0.1, -0.05) is 0 Å². The van der Waals surface area contributed by atoms with Crippen molar-refractivity contribution in [1.82, 2.24) is 15.1 Å². The Labute approximate surface area is 84.3 Å². The van der Waals surface area contributed by atoms with Crippen molar-refractivity contribution in [3.05, 3.63) is 18.0 Å². The van der Waals surface area contributed by atoms with Crippen LogP contribution in [0.15, 0.2) is 12.4 Å². The van der Waals surface area contributed by atoms with E-state index in [-0.39, 0.29) is 0 Å². The Morgan fingerprint density at radius 3 is 3.36 bits per heavy atom. The van der Waals surface area contributed by atoms with Crippen LogP contribution in [0.4, 0.5) is 0 Å². The van der Waals surface area contributed by atoms with Crippen LogP contribution in [0.3, 0.4) is 0 Å². The van der Waals surface area contributed by atoms with Crippen molar-refractivity contribution in [3.63, 3.8) is 0 Å². The van der Waals surface area contributed by atoms with Crippen LogP contribution in [-0.2, 0) is 17.8 Å². The molecular weight excluding hydrogens is 178 g/mol. The van der Waals surface area contributed by atoms with Crippen LogP contribution in [0, 0.1) is 0 Å². The zero-order valence-corrected chi connectivity index (χ0v) is 8.57. The summed E-state index contributed by atoms with van der Waals surface area (Å²) >= 11 is 0. The topological polar surface area (TPSA) is 39.1 Å². The maximum Gasteiger partial charge on any atom is 0.0771 e. The van der Waals surface area contributed by atoms with Gasteiger partial charge in [0, 0.05) is 24.9 Å². The molecule has 1 atom stereocenters. The Morgan fingerprint density at radius 2 is 2.64 bits per heavy atom. The lowest BCUT2D eigenvalue weighted by Crippen LogP contribution is -2.15. The number of ether oxygens (including phenoxy) is 1. The maximum absolute atomic E-state index is 5.55. The number of hydrogen-bond acceptors (Lipinski definition) is 3. The third kappa shape index (κ3) is 2.33. The smallest absolute Gasteiger partial charge is 0.0771 e. The molecule has 14 heavy (non-hydrogen) atoms. The first-order valence-electron chi connectivity index (χ1n) is 5.16. The molecule has 1 N–H and O–H groups in total. The molecule has 0 amide bonds. The quantitative estimate of drug-likeness (QED) is 0.771. The van der Waals surface area contributed by atoms with Crippen molar-refractivity contribution < 1.29 is 4.74 Å². The third-order valence-corrected chi connectivity index (χ3v) is 2.48. The highest BCUT2D eigenvalue weighted by Crippen LogP contribution is 2.13. The van der Waals surface area contributed by atoms with E-state index in [1.165, 1.54) is 18.4 Å². The molecule has 0 radical (unpaired) electrons. The second-order valence-electron chi connectivity index (χ2n) is 3.74. The van der Waals surface area contributed by atoms with Crippen LogP contribution < -0.4 is 5.32 Å². The summed E-state index contributed by atoms with van der Waals surface area (Å²) in [4.78, 5) is 0. The van der Waals surface area contributed by atoms with Crippen molar-refractivity contribution in [3.8, 4) is 0 Å². The molecule has 1 saturated heterocycles. The normalized spacial score (nSPS) is 21.6. The van der Waals surface area contributed by atoms with Gasteiger partial charge in [0.15, 0.2) is 0 Å². The average Bonchev–Trinajstić information content (AvgIpc) is 2.79. The van der Waals surface area contributed by atoms with Crippen LogP contribution in [0.25, 0.3) is 0 Å². The molecule has 1 fully saturated rings. The summed E-state index contributed by atoms with van der Waals surface area (Å²) in [5, 5.41) is 7.40. The summed E-state index contributed by atoms with van der Waals surface area (Å²) in [5.41, 5.74) is 1.23. The van der Waals surface area contributed by atoms with Crippen LogP contribution in [0.5, 0.6) is 0 Å². The maximum atomic E-state index is 5.55. The summed E-state index contributed by atoms with van der Waals surface area (Å²) in [5.74, 6) is 0. The Bertz CT molecular complexity index is 279. The van der Waals surface area contributed by atoms with E-state index in [0.717, 1.165) is 19.7 Å². The minimum Gasteiger partial charge on any atom is -0.376 e. The van der Waals surface area contributed by atoms with Gasteiger partial charge in [0.25, 0.3) is 0 Å². The van der Waals surface area contributed by atoms with Gasteiger partial charge in [0.2, 0.25) is 0 Å². The molecule has 0 aromatic carbocycles. The third-order valence-electron chi connectivity index (χ3n) is 2.48. The first kappa shape index (κ1) is 9.68. The Kier molecular flexibility index (Phi) is 3.16. The standard InChI is InChI=1S/C10H17N3O/c1-11-5-9-6-12-13(7-9)8-10-3-2-4-14-10/h6-7,10-11H,2-5,8H2,1H3. The monoisotopic (exact) mass is 195 g/mol. The van der Waals surface area contributed by atoms with Gasteiger partial charge in [0.05, 0.1) is 18.8 Å². The predicted molar refractivity (Wildman–Crippen MR) is 54.0 cm³/mol. The lowest BCUT2D eigenvalue weighted by Gasteiger charge is -2.08. The van der Waals surface area contributed by atoms with Crippen molar-refractivity contribution >= 4 is 0 Å². The van der Waals surface area contributed by atoms with E-state index in [9.17, 15) is 0 Å². The van der Waals surface area contributed by atoms with E-state index in [1.54, 1.807) is 0 Å². The van der Waals surface area contributed by atoms with Crippen molar-refractivity contribution in [2.24, 2.45) is 0 Å². The van der Waals surface area contributed by atoms with Crippen molar-refractivity contribution in [2.45, 2.75) is 32.0 Å². The molecule has 0 aliphatic carbocycles. The molecule has 1 unspecified atom stereocenters. The zero-order chi connectivity index (χ0) is 9.80. The van der Waals surface area contributed by atoms with Gasteiger partial charge >= 0.3 is 0 Å². The molecule has 0 bridgehead atoms. The lowest BCUT2D eigenvalue weighted by atomic mass is 10.2. The van der Waals surface area contributed by atoms with E-state index >= 15 is 0 Å². The lowest BCUT2D eigenvalue weighted by molar-refractivity contribution is 0.0940. The second-order valence-corrected chi connectivity index (χ2v) is 3.74. The molecule has 78 valence electrons. The van der Waals surface area contributed by atoms with E-state index in [0.29, 0.717) is 6.10 Å². The molecule has 0 spiro atoms. The first-order valence-corrected chi connectivity index (χ1v) is 5.16. The molecule has 2 rings (SSSR count). The molecule has 1 aromatic rings. The molecule has 1 aliphatic heterocycles. The predicted octanol–water partition coefficient (Wildman–Crippen LogP) is 0.781. The highest BCUT2D eigenvalue weighted by atomic mass is 16.5. The number of nitrogens with zero attached hydrogens (tertiary/aromatic N) is 2. The fourth-order valence-electron chi connectivity index (χ4n) is 1.80. The minimum atomic E-state index is 0.373. The SMILES string of the molecule is CNCc1cnn(CC2CCCO2)c1. The summed E-state index contributed by atoms with van der Waals surface area (Å²) < 4.78 is 7.52. The largest absolute Gasteiger partial charge is 0.376 e. The van der Waals surface area contributed by atoms with E-state index < -0.39 is 0 Å². The molecule has 1 aromatic heterocycles. The Hall–Kier alpha value is -0.870.